The van der Waals surface area contributed by atoms with Crippen molar-refractivity contribution in [2.24, 2.45) is 7.05 Å². The number of fused-ring (bicyclic) bond motifs is 1. The fraction of sp³-hybridized carbons (Fsp3) is 0.176. The van der Waals surface area contributed by atoms with Crippen molar-refractivity contribution < 1.29 is 4.74 Å². The van der Waals surface area contributed by atoms with E-state index in [0.717, 1.165) is 28.0 Å². The zero-order valence-electron chi connectivity index (χ0n) is 12.1. The van der Waals surface area contributed by atoms with Gasteiger partial charge in [-0.05, 0) is 42.8 Å². The van der Waals surface area contributed by atoms with Gasteiger partial charge in [0, 0.05) is 17.5 Å². The summed E-state index contributed by atoms with van der Waals surface area (Å²) in [4.78, 5) is 0. The van der Waals surface area contributed by atoms with Crippen molar-refractivity contribution in [3.63, 3.8) is 0 Å². The second-order valence-electron chi connectivity index (χ2n) is 5.13. The van der Waals surface area contributed by atoms with Gasteiger partial charge in [0.1, 0.15) is 12.4 Å². The van der Waals surface area contributed by atoms with Gasteiger partial charge in [0.2, 0.25) is 0 Å². The summed E-state index contributed by atoms with van der Waals surface area (Å²) in [5.41, 5.74) is 10.4. The molecular formula is C17H17ClN2O. The summed E-state index contributed by atoms with van der Waals surface area (Å²) < 4.78 is 7.91. The van der Waals surface area contributed by atoms with E-state index in [-0.39, 0.29) is 0 Å². The number of nitrogen functional groups attached to an aromatic ring is 1. The molecule has 0 atom stereocenters. The number of hydrogen-bond acceptors (Lipinski definition) is 2. The van der Waals surface area contributed by atoms with Crippen molar-refractivity contribution in [3.05, 3.63) is 58.7 Å². The number of ether oxygens (including phenoxy) is 1. The molecular weight excluding hydrogens is 284 g/mol. The van der Waals surface area contributed by atoms with Crippen molar-refractivity contribution in [2.75, 3.05) is 5.73 Å². The van der Waals surface area contributed by atoms with Gasteiger partial charge in [-0.1, -0.05) is 23.7 Å². The van der Waals surface area contributed by atoms with E-state index in [1.54, 1.807) is 0 Å². The van der Waals surface area contributed by atoms with Gasteiger partial charge in [-0.2, -0.15) is 0 Å². The van der Waals surface area contributed by atoms with E-state index in [1.165, 1.54) is 5.56 Å². The average molecular weight is 301 g/mol. The van der Waals surface area contributed by atoms with Crippen LogP contribution in [0.5, 0.6) is 5.75 Å². The molecule has 0 saturated heterocycles. The van der Waals surface area contributed by atoms with Crippen LogP contribution >= 0.6 is 11.6 Å². The zero-order chi connectivity index (χ0) is 15.0. The summed E-state index contributed by atoms with van der Waals surface area (Å²) in [5, 5.41) is 1.80. The number of nitrogens with two attached hydrogens (primary N) is 1. The molecule has 0 aliphatic carbocycles. The fourth-order valence-corrected chi connectivity index (χ4v) is 2.74. The van der Waals surface area contributed by atoms with E-state index < -0.39 is 0 Å². The van der Waals surface area contributed by atoms with Crippen molar-refractivity contribution in [1.82, 2.24) is 4.57 Å². The first-order valence-electron chi connectivity index (χ1n) is 6.78. The maximum atomic E-state index is 6.31. The zero-order valence-corrected chi connectivity index (χ0v) is 12.8. The number of nitrogens with zero attached hydrogens (tertiary/aromatic N) is 1. The normalized spacial score (nSPS) is 11.0. The number of anilines is 1. The summed E-state index contributed by atoms with van der Waals surface area (Å²) in [6.45, 7) is 2.50. The second kappa shape index (κ2) is 5.34. The highest BCUT2D eigenvalue weighted by Crippen LogP contribution is 2.31. The van der Waals surface area contributed by atoms with E-state index in [4.69, 9.17) is 22.1 Å². The third-order valence-electron chi connectivity index (χ3n) is 3.79. The molecule has 0 radical (unpaired) electrons. The molecule has 2 N–H and O–H groups in total. The molecule has 0 spiro atoms. The number of aryl methyl sites for hydroxylation is 2. The largest absolute Gasteiger partial charge is 0.487 e. The maximum absolute atomic E-state index is 6.31. The van der Waals surface area contributed by atoms with Gasteiger partial charge in [-0.15, -0.1) is 0 Å². The van der Waals surface area contributed by atoms with Crippen molar-refractivity contribution in [1.29, 1.82) is 0 Å². The number of hydrogen-bond donors (Lipinski definition) is 1. The van der Waals surface area contributed by atoms with Crippen molar-refractivity contribution in [3.8, 4) is 5.75 Å². The highest BCUT2D eigenvalue weighted by atomic mass is 35.5. The molecule has 3 nitrogen and oxygen atoms in total. The minimum absolute atomic E-state index is 0.429. The number of rotatable bonds is 3. The standard InChI is InChI=1S/C17H17ClN2O/c1-11-4-3-5-14-16(11)17(19)15(20(14)2)10-21-13-8-6-12(18)7-9-13/h3-9H,10,19H2,1-2H3. The highest BCUT2D eigenvalue weighted by molar-refractivity contribution is 6.30. The Hall–Kier alpha value is -2.13. The van der Waals surface area contributed by atoms with Gasteiger partial charge in [0.15, 0.2) is 0 Å². The molecule has 108 valence electrons. The second-order valence-corrected chi connectivity index (χ2v) is 5.57. The quantitative estimate of drug-likeness (QED) is 0.783. The minimum atomic E-state index is 0.429. The van der Waals surface area contributed by atoms with Gasteiger partial charge in [0.05, 0.1) is 16.9 Å². The fourth-order valence-electron chi connectivity index (χ4n) is 2.61. The minimum Gasteiger partial charge on any atom is -0.487 e. The number of aromatic nitrogens is 1. The van der Waals surface area contributed by atoms with Gasteiger partial charge >= 0.3 is 0 Å². The Kier molecular flexibility index (Phi) is 3.52. The van der Waals surface area contributed by atoms with Crippen LogP contribution in [-0.2, 0) is 13.7 Å². The summed E-state index contributed by atoms with van der Waals surface area (Å²) in [7, 11) is 2.01. The Balaban J connectivity index is 1.94. The number of halogens is 1. The first-order valence-corrected chi connectivity index (χ1v) is 7.16. The van der Waals surface area contributed by atoms with Crippen LogP contribution in [0.15, 0.2) is 42.5 Å². The highest BCUT2D eigenvalue weighted by Gasteiger charge is 2.14. The smallest absolute Gasteiger partial charge is 0.130 e. The molecule has 0 unspecified atom stereocenters. The molecule has 3 rings (SSSR count). The van der Waals surface area contributed by atoms with Crippen LogP contribution in [0.3, 0.4) is 0 Å². The lowest BCUT2D eigenvalue weighted by atomic mass is 10.1. The Labute approximate surface area is 128 Å². The molecule has 3 aromatic rings. The molecule has 21 heavy (non-hydrogen) atoms. The molecule has 0 saturated carbocycles. The van der Waals surface area contributed by atoms with E-state index in [9.17, 15) is 0 Å². The van der Waals surface area contributed by atoms with Crippen LogP contribution in [0.25, 0.3) is 10.9 Å². The van der Waals surface area contributed by atoms with Crippen LogP contribution in [0, 0.1) is 6.92 Å². The number of benzene rings is 2. The lowest BCUT2D eigenvalue weighted by Crippen LogP contribution is -2.04. The van der Waals surface area contributed by atoms with Crippen LogP contribution < -0.4 is 10.5 Å². The predicted octanol–water partition coefficient (Wildman–Crippen LogP) is 4.30. The molecule has 2 aromatic carbocycles. The maximum Gasteiger partial charge on any atom is 0.130 e. The molecule has 0 aliphatic heterocycles. The third kappa shape index (κ3) is 2.45. The lowest BCUT2D eigenvalue weighted by molar-refractivity contribution is 0.298. The first kappa shape index (κ1) is 13.8. The molecule has 4 heteroatoms. The third-order valence-corrected chi connectivity index (χ3v) is 4.04. The topological polar surface area (TPSA) is 40.2 Å². The van der Waals surface area contributed by atoms with Crippen molar-refractivity contribution in [2.45, 2.75) is 13.5 Å². The molecule has 1 aromatic heterocycles. The Morgan fingerprint density at radius 1 is 1.14 bits per heavy atom. The first-order chi connectivity index (χ1) is 10.1. The van der Waals surface area contributed by atoms with Crippen LogP contribution in [0.4, 0.5) is 5.69 Å². The summed E-state index contributed by atoms with van der Waals surface area (Å²) in [6.07, 6.45) is 0. The summed E-state index contributed by atoms with van der Waals surface area (Å²) in [5.74, 6) is 0.778. The SMILES string of the molecule is Cc1cccc2c1c(N)c(COc1ccc(Cl)cc1)n2C. The van der Waals surface area contributed by atoms with E-state index in [0.29, 0.717) is 11.6 Å². The van der Waals surface area contributed by atoms with E-state index >= 15 is 0 Å². The lowest BCUT2D eigenvalue weighted by Gasteiger charge is -2.08. The van der Waals surface area contributed by atoms with Gasteiger partial charge in [0.25, 0.3) is 0 Å². The van der Waals surface area contributed by atoms with Crippen molar-refractivity contribution >= 4 is 28.2 Å². The monoisotopic (exact) mass is 300 g/mol. The summed E-state index contributed by atoms with van der Waals surface area (Å²) >= 11 is 5.87. The van der Waals surface area contributed by atoms with Crippen LogP contribution in [-0.4, -0.2) is 4.57 Å². The molecule has 0 bridgehead atoms. The van der Waals surface area contributed by atoms with Crippen LogP contribution in [0.1, 0.15) is 11.3 Å². The Morgan fingerprint density at radius 3 is 2.52 bits per heavy atom. The molecule has 0 fully saturated rings. The Bertz CT molecular complexity index is 791. The van der Waals surface area contributed by atoms with Gasteiger partial charge in [-0.3, -0.25) is 0 Å². The molecule has 1 heterocycles. The van der Waals surface area contributed by atoms with Crippen LogP contribution in [0.2, 0.25) is 5.02 Å². The predicted molar refractivity (Wildman–Crippen MR) is 87.9 cm³/mol. The molecule has 0 amide bonds. The average Bonchev–Trinajstić information content (AvgIpc) is 2.72. The summed E-state index contributed by atoms with van der Waals surface area (Å²) in [6, 6.07) is 13.5. The van der Waals surface area contributed by atoms with Gasteiger partial charge in [-0.25, -0.2) is 0 Å². The van der Waals surface area contributed by atoms with E-state index in [2.05, 4.69) is 23.6 Å². The molecule has 0 aliphatic rings. The van der Waals surface area contributed by atoms with E-state index in [1.807, 2.05) is 37.4 Å². The van der Waals surface area contributed by atoms with Gasteiger partial charge < -0.3 is 15.0 Å². The Morgan fingerprint density at radius 2 is 1.86 bits per heavy atom.